The van der Waals surface area contributed by atoms with Crippen molar-refractivity contribution in [3.63, 3.8) is 0 Å². The van der Waals surface area contributed by atoms with Crippen molar-refractivity contribution in [3.05, 3.63) is 29.8 Å². The van der Waals surface area contributed by atoms with E-state index in [1.54, 1.807) is 0 Å². The summed E-state index contributed by atoms with van der Waals surface area (Å²) in [6, 6.07) is 8.80. The summed E-state index contributed by atoms with van der Waals surface area (Å²) in [5.74, 6) is 0.935. The van der Waals surface area contributed by atoms with Crippen molar-refractivity contribution >= 4 is 6.03 Å². The molecule has 2 fully saturated rings. The molecular weight excluding hydrogens is 290 g/mol. The largest absolute Gasteiger partial charge is 0.491 e. The summed E-state index contributed by atoms with van der Waals surface area (Å²) < 4.78 is 5.78. The molecular formula is C18H27N3O2. The topological polar surface area (TPSA) is 44.8 Å². The molecule has 1 aromatic carbocycles. The number of nitrogens with one attached hydrogen (secondary N) is 1. The number of nitrogens with zero attached hydrogens (tertiary/aromatic N) is 2. The van der Waals surface area contributed by atoms with Gasteiger partial charge in [-0.3, -0.25) is 4.90 Å². The SMILES string of the molecule is CC(C)Oc1cccc(CN2CCC[C@H](N3CCNC3=O)C2)c1. The van der Waals surface area contributed by atoms with E-state index in [-0.39, 0.29) is 12.1 Å². The first-order valence-corrected chi connectivity index (χ1v) is 8.64. The Morgan fingerprint density at radius 3 is 2.96 bits per heavy atom. The Morgan fingerprint density at radius 2 is 2.22 bits per heavy atom. The number of likely N-dealkylation sites (tertiary alicyclic amines) is 1. The summed E-state index contributed by atoms with van der Waals surface area (Å²) in [5.41, 5.74) is 1.27. The highest BCUT2D eigenvalue weighted by Gasteiger charge is 2.31. The monoisotopic (exact) mass is 317 g/mol. The number of hydrogen-bond donors (Lipinski definition) is 1. The molecule has 2 amide bonds. The van der Waals surface area contributed by atoms with Gasteiger partial charge in [0.25, 0.3) is 0 Å². The molecule has 23 heavy (non-hydrogen) atoms. The van der Waals surface area contributed by atoms with E-state index < -0.39 is 0 Å². The van der Waals surface area contributed by atoms with Crippen molar-refractivity contribution in [3.8, 4) is 5.75 Å². The normalized spacial score (nSPS) is 22.5. The molecule has 2 saturated heterocycles. The Kier molecular flexibility index (Phi) is 5.06. The van der Waals surface area contributed by atoms with E-state index in [0.717, 1.165) is 51.3 Å². The smallest absolute Gasteiger partial charge is 0.317 e. The molecule has 5 heteroatoms. The Hall–Kier alpha value is -1.75. The van der Waals surface area contributed by atoms with Gasteiger partial charge in [0.15, 0.2) is 0 Å². The highest BCUT2D eigenvalue weighted by Crippen LogP contribution is 2.21. The van der Waals surface area contributed by atoms with E-state index in [4.69, 9.17) is 4.74 Å². The van der Waals surface area contributed by atoms with Crippen LogP contribution in [0.5, 0.6) is 5.75 Å². The lowest BCUT2D eigenvalue weighted by atomic mass is 10.0. The lowest BCUT2D eigenvalue weighted by Gasteiger charge is -2.37. The summed E-state index contributed by atoms with van der Waals surface area (Å²) in [5, 5.41) is 2.91. The van der Waals surface area contributed by atoms with Crippen molar-refractivity contribution in [1.82, 2.24) is 15.1 Å². The van der Waals surface area contributed by atoms with Crippen molar-refractivity contribution in [2.75, 3.05) is 26.2 Å². The number of carbonyl (C=O) groups is 1. The number of hydrogen-bond acceptors (Lipinski definition) is 3. The third-order valence-corrected chi connectivity index (χ3v) is 4.49. The minimum atomic E-state index is 0.101. The van der Waals surface area contributed by atoms with Crippen LogP contribution in [0, 0.1) is 0 Å². The van der Waals surface area contributed by atoms with Crippen LogP contribution in [-0.2, 0) is 6.54 Å². The summed E-state index contributed by atoms with van der Waals surface area (Å²) in [4.78, 5) is 16.3. The van der Waals surface area contributed by atoms with E-state index in [9.17, 15) is 4.79 Å². The first-order chi connectivity index (χ1) is 11.1. The molecule has 2 aliphatic rings. The van der Waals surface area contributed by atoms with Gasteiger partial charge in [0, 0.05) is 32.2 Å². The number of urea groups is 1. The zero-order valence-corrected chi connectivity index (χ0v) is 14.1. The van der Waals surface area contributed by atoms with Gasteiger partial charge < -0.3 is 15.0 Å². The highest BCUT2D eigenvalue weighted by atomic mass is 16.5. The first kappa shape index (κ1) is 16.1. The van der Waals surface area contributed by atoms with Crippen LogP contribution in [-0.4, -0.2) is 54.2 Å². The van der Waals surface area contributed by atoms with E-state index in [1.807, 2.05) is 24.8 Å². The van der Waals surface area contributed by atoms with E-state index >= 15 is 0 Å². The van der Waals surface area contributed by atoms with Crippen LogP contribution in [0.4, 0.5) is 4.79 Å². The second-order valence-electron chi connectivity index (χ2n) is 6.77. The summed E-state index contributed by atoms with van der Waals surface area (Å²) in [7, 11) is 0. The van der Waals surface area contributed by atoms with Gasteiger partial charge in [-0.25, -0.2) is 4.79 Å². The van der Waals surface area contributed by atoms with Gasteiger partial charge in [0.2, 0.25) is 0 Å². The molecule has 0 radical (unpaired) electrons. The zero-order valence-electron chi connectivity index (χ0n) is 14.1. The minimum Gasteiger partial charge on any atom is -0.491 e. The van der Waals surface area contributed by atoms with E-state index in [2.05, 4.69) is 28.4 Å². The molecule has 1 atom stereocenters. The number of piperidine rings is 1. The molecule has 1 N–H and O–H groups in total. The second-order valence-corrected chi connectivity index (χ2v) is 6.77. The molecule has 2 heterocycles. The van der Waals surface area contributed by atoms with Gasteiger partial charge in [0.05, 0.1) is 6.10 Å². The van der Waals surface area contributed by atoms with Crippen molar-refractivity contribution < 1.29 is 9.53 Å². The van der Waals surface area contributed by atoms with Crippen LogP contribution >= 0.6 is 0 Å². The third-order valence-electron chi connectivity index (χ3n) is 4.49. The van der Waals surface area contributed by atoms with Crippen molar-refractivity contribution in [1.29, 1.82) is 0 Å². The predicted molar refractivity (Wildman–Crippen MR) is 90.6 cm³/mol. The third kappa shape index (κ3) is 4.16. The Bertz CT molecular complexity index is 547. The Morgan fingerprint density at radius 1 is 1.35 bits per heavy atom. The molecule has 0 aliphatic carbocycles. The molecule has 2 aliphatic heterocycles. The fraction of sp³-hybridized carbons (Fsp3) is 0.611. The quantitative estimate of drug-likeness (QED) is 0.907. The molecule has 126 valence electrons. The van der Waals surface area contributed by atoms with Crippen LogP contribution in [0.1, 0.15) is 32.3 Å². The van der Waals surface area contributed by atoms with Crippen LogP contribution in [0.25, 0.3) is 0 Å². The van der Waals surface area contributed by atoms with Gasteiger partial charge in [-0.2, -0.15) is 0 Å². The maximum absolute atomic E-state index is 11.9. The molecule has 5 nitrogen and oxygen atoms in total. The first-order valence-electron chi connectivity index (χ1n) is 8.64. The van der Waals surface area contributed by atoms with E-state index in [0.29, 0.717) is 6.04 Å². The van der Waals surface area contributed by atoms with Gasteiger partial charge in [0.1, 0.15) is 5.75 Å². The number of rotatable bonds is 5. The van der Waals surface area contributed by atoms with Crippen molar-refractivity contribution in [2.45, 2.75) is 45.4 Å². The zero-order chi connectivity index (χ0) is 16.2. The molecule has 0 spiro atoms. The Labute approximate surface area is 138 Å². The average molecular weight is 317 g/mol. The fourth-order valence-electron chi connectivity index (χ4n) is 3.51. The van der Waals surface area contributed by atoms with Gasteiger partial charge in [-0.05, 0) is 50.9 Å². The average Bonchev–Trinajstić information content (AvgIpc) is 2.93. The summed E-state index contributed by atoms with van der Waals surface area (Å²) >= 11 is 0. The summed E-state index contributed by atoms with van der Waals surface area (Å²) in [6.45, 7) is 8.69. The lowest BCUT2D eigenvalue weighted by molar-refractivity contribution is 0.122. The standard InChI is InChI=1S/C18H27N3O2/c1-14(2)23-17-7-3-5-15(11-17)12-20-9-4-6-16(13-20)21-10-8-19-18(21)22/h3,5,7,11,14,16H,4,6,8-10,12-13H2,1-2H3,(H,19,22)/t16-/m0/s1. The van der Waals surface area contributed by atoms with E-state index in [1.165, 1.54) is 5.56 Å². The number of benzene rings is 1. The van der Waals surface area contributed by atoms with Gasteiger partial charge in [-0.1, -0.05) is 12.1 Å². The fourth-order valence-corrected chi connectivity index (χ4v) is 3.51. The molecule has 0 unspecified atom stereocenters. The van der Waals surface area contributed by atoms with Crippen LogP contribution in [0.2, 0.25) is 0 Å². The minimum absolute atomic E-state index is 0.101. The predicted octanol–water partition coefficient (Wildman–Crippen LogP) is 2.46. The second kappa shape index (κ2) is 7.21. The van der Waals surface area contributed by atoms with Crippen LogP contribution in [0.15, 0.2) is 24.3 Å². The summed E-state index contributed by atoms with van der Waals surface area (Å²) in [6.07, 6.45) is 2.45. The Balaban J connectivity index is 1.60. The molecule has 0 aromatic heterocycles. The highest BCUT2D eigenvalue weighted by molar-refractivity contribution is 5.76. The molecule has 0 saturated carbocycles. The lowest BCUT2D eigenvalue weighted by Crippen LogP contribution is -2.48. The molecule has 0 bridgehead atoms. The number of carbonyl (C=O) groups excluding carboxylic acids is 1. The van der Waals surface area contributed by atoms with Crippen LogP contribution in [0.3, 0.4) is 0 Å². The maximum Gasteiger partial charge on any atom is 0.317 e. The molecule has 3 rings (SSSR count). The number of amides is 2. The van der Waals surface area contributed by atoms with Gasteiger partial charge >= 0.3 is 6.03 Å². The number of ether oxygens (including phenoxy) is 1. The van der Waals surface area contributed by atoms with Gasteiger partial charge in [-0.15, -0.1) is 0 Å². The molecule has 1 aromatic rings. The maximum atomic E-state index is 11.9. The van der Waals surface area contributed by atoms with Crippen molar-refractivity contribution in [2.24, 2.45) is 0 Å². The van der Waals surface area contributed by atoms with Crippen LogP contribution < -0.4 is 10.1 Å².